The lowest BCUT2D eigenvalue weighted by atomic mass is 9.84. The van der Waals surface area contributed by atoms with Crippen LogP contribution in [0.4, 0.5) is 0 Å². The third-order valence-electron chi connectivity index (χ3n) is 6.82. The SMILES string of the molecule is c1ccc2c(C3CCN(CCC4CCCc5sccc54)CC3)cccc2c1. The Labute approximate surface area is 167 Å². The molecule has 1 fully saturated rings. The molecule has 0 radical (unpaired) electrons. The lowest BCUT2D eigenvalue weighted by Crippen LogP contribution is -2.34. The number of thiophene rings is 1. The molecule has 1 unspecified atom stereocenters. The quantitative estimate of drug-likeness (QED) is 0.497. The van der Waals surface area contributed by atoms with E-state index in [4.69, 9.17) is 0 Å². The number of benzene rings is 2. The molecule has 2 aromatic carbocycles. The molecule has 5 rings (SSSR count). The Morgan fingerprint density at radius 3 is 2.67 bits per heavy atom. The Hall–Kier alpha value is -1.64. The minimum Gasteiger partial charge on any atom is -0.303 e. The highest BCUT2D eigenvalue weighted by Gasteiger charge is 2.25. The Morgan fingerprint density at radius 2 is 1.74 bits per heavy atom. The molecule has 1 nitrogen and oxygen atoms in total. The van der Waals surface area contributed by atoms with Crippen molar-refractivity contribution < 1.29 is 0 Å². The van der Waals surface area contributed by atoms with Gasteiger partial charge in [0, 0.05) is 4.88 Å². The van der Waals surface area contributed by atoms with Gasteiger partial charge in [-0.2, -0.15) is 0 Å². The molecule has 3 aromatic rings. The van der Waals surface area contributed by atoms with Crippen LogP contribution < -0.4 is 0 Å². The highest BCUT2D eigenvalue weighted by molar-refractivity contribution is 7.10. The zero-order valence-corrected chi connectivity index (χ0v) is 16.9. The van der Waals surface area contributed by atoms with E-state index in [9.17, 15) is 0 Å². The molecular weight excluding hydrogens is 346 g/mol. The van der Waals surface area contributed by atoms with Gasteiger partial charge >= 0.3 is 0 Å². The van der Waals surface area contributed by atoms with Gasteiger partial charge in [-0.1, -0.05) is 42.5 Å². The lowest BCUT2D eigenvalue weighted by Gasteiger charge is -2.34. The average molecular weight is 376 g/mol. The molecule has 2 aliphatic rings. The molecule has 2 heteroatoms. The number of fused-ring (bicyclic) bond motifs is 2. The first-order valence-corrected chi connectivity index (χ1v) is 11.5. The van der Waals surface area contributed by atoms with Crippen LogP contribution in [0, 0.1) is 0 Å². The van der Waals surface area contributed by atoms with E-state index in [0.29, 0.717) is 0 Å². The van der Waals surface area contributed by atoms with E-state index in [0.717, 1.165) is 11.8 Å². The summed E-state index contributed by atoms with van der Waals surface area (Å²) in [7, 11) is 0. The second-order valence-electron chi connectivity index (χ2n) is 8.36. The van der Waals surface area contributed by atoms with E-state index in [1.807, 2.05) is 11.3 Å². The van der Waals surface area contributed by atoms with Gasteiger partial charge in [0.2, 0.25) is 0 Å². The fourth-order valence-electron chi connectivity index (χ4n) is 5.29. The van der Waals surface area contributed by atoms with Crippen molar-refractivity contribution in [1.82, 2.24) is 4.90 Å². The number of hydrogen-bond acceptors (Lipinski definition) is 2. The van der Waals surface area contributed by atoms with Crippen molar-refractivity contribution in [3.8, 4) is 0 Å². The number of nitrogens with zero attached hydrogens (tertiary/aromatic N) is 1. The highest BCUT2D eigenvalue weighted by Crippen LogP contribution is 2.38. The van der Waals surface area contributed by atoms with Crippen molar-refractivity contribution in [2.75, 3.05) is 19.6 Å². The third-order valence-corrected chi connectivity index (χ3v) is 7.82. The van der Waals surface area contributed by atoms with Crippen LogP contribution in [0.5, 0.6) is 0 Å². The number of likely N-dealkylation sites (tertiary alicyclic amines) is 1. The number of piperidine rings is 1. The van der Waals surface area contributed by atoms with E-state index in [1.165, 1.54) is 68.9 Å². The summed E-state index contributed by atoms with van der Waals surface area (Å²) in [5.74, 6) is 1.54. The third kappa shape index (κ3) is 3.58. The molecule has 1 aliphatic carbocycles. The summed E-state index contributed by atoms with van der Waals surface area (Å²) in [4.78, 5) is 4.39. The van der Waals surface area contributed by atoms with E-state index in [1.54, 1.807) is 16.0 Å². The molecular formula is C25H29NS. The minimum atomic E-state index is 0.727. The van der Waals surface area contributed by atoms with Gasteiger partial charge in [0.15, 0.2) is 0 Å². The van der Waals surface area contributed by atoms with E-state index >= 15 is 0 Å². The van der Waals surface area contributed by atoms with Crippen molar-refractivity contribution in [2.24, 2.45) is 0 Å². The minimum absolute atomic E-state index is 0.727. The fourth-order valence-corrected chi connectivity index (χ4v) is 6.31. The first kappa shape index (κ1) is 17.5. The van der Waals surface area contributed by atoms with Gasteiger partial charge in [-0.3, -0.25) is 0 Å². The summed E-state index contributed by atoms with van der Waals surface area (Å²) in [6.45, 7) is 3.80. The Balaban J connectivity index is 1.20. The monoisotopic (exact) mass is 375 g/mol. The summed E-state index contributed by atoms with van der Waals surface area (Å²) >= 11 is 1.98. The molecule has 0 spiro atoms. The topological polar surface area (TPSA) is 3.24 Å². The Kier molecular flexibility index (Phi) is 5.02. The lowest BCUT2D eigenvalue weighted by molar-refractivity contribution is 0.204. The molecule has 0 amide bonds. The zero-order chi connectivity index (χ0) is 18.1. The second kappa shape index (κ2) is 7.77. The number of aryl methyl sites for hydroxylation is 1. The van der Waals surface area contributed by atoms with Crippen molar-refractivity contribution in [1.29, 1.82) is 0 Å². The molecule has 2 heterocycles. The predicted octanol–water partition coefficient (Wildman–Crippen LogP) is 6.59. The van der Waals surface area contributed by atoms with Gasteiger partial charge in [-0.25, -0.2) is 0 Å². The molecule has 140 valence electrons. The van der Waals surface area contributed by atoms with E-state index in [2.05, 4.69) is 58.8 Å². The zero-order valence-electron chi connectivity index (χ0n) is 16.1. The smallest absolute Gasteiger partial charge is 0.00800 e. The van der Waals surface area contributed by atoms with Gasteiger partial charge in [0.25, 0.3) is 0 Å². The maximum absolute atomic E-state index is 2.72. The van der Waals surface area contributed by atoms with Crippen molar-refractivity contribution in [2.45, 2.75) is 50.4 Å². The molecule has 1 atom stereocenters. The van der Waals surface area contributed by atoms with Crippen LogP contribution in [-0.2, 0) is 6.42 Å². The van der Waals surface area contributed by atoms with Gasteiger partial charge in [-0.15, -0.1) is 11.3 Å². The average Bonchev–Trinajstić information content (AvgIpc) is 3.22. The predicted molar refractivity (Wildman–Crippen MR) is 117 cm³/mol. The summed E-state index contributed by atoms with van der Waals surface area (Å²) in [6, 6.07) is 18.1. The second-order valence-corrected chi connectivity index (χ2v) is 9.36. The standard InChI is InChI=1S/C25H29NS/c1-2-8-22-19(5-1)6-3-9-23(22)21-12-16-26(17-13-21)15-11-20-7-4-10-25-24(20)14-18-27-25/h1-3,5-6,8-9,14,18,20-21H,4,7,10-13,15-17H2. The van der Waals surface area contributed by atoms with Crippen LogP contribution in [0.3, 0.4) is 0 Å². The number of hydrogen-bond donors (Lipinski definition) is 0. The number of rotatable bonds is 4. The van der Waals surface area contributed by atoms with Gasteiger partial charge in [-0.05, 0) is 103 Å². The van der Waals surface area contributed by atoms with Crippen LogP contribution in [-0.4, -0.2) is 24.5 Å². The van der Waals surface area contributed by atoms with E-state index in [-0.39, 0.29) is 0 Å². The summed E-state index contributed by atoms with van der Waals surface area (Å²) in [5, 5.41) is 5.16. The molecule has 0 saturated carbocycles. The van der Waals surface area contributed by atoms with Crippen LogP contribution in [0.1, 0.15) is 59.9 Å². The van der Waals surface area contributed by atoms with Crippen LogP contribution >= 0.6 is 11.3 Å². The highest BCUT2D eigenvalue weighted by atomic mass is 32.1. The van der Waals surface area contributed by atoms with Gasteiger partial charge in [0.1, 0.15) is 0 Å². The fraction of sp³-hybridized carbons (Fsp3) is 0.440. The van der Waals surface area contributed by atoms with Gasteiger partial charge < -0.3 is 4.90 Å². The largest absolute Gasteiger partial charge is 0.303 e. The van der Waals surface area contributed by atoms with Crippen LogP contribution in [0.15, 0.2) is 53.9 Å². The summed E-state index contributed by atoms with van der Waals surface area (Å²) in [6.07, 6.45) is 8.07. The Bertz CT molecular complexity index is 898. The first-order chi connectivity index (χ1) is 13.4. The van der Waals surface area contributed by atoms with Crippen LogP contribution in [0.25, 0.3) is 10.8 Å². The molecule has 27 heavy (non-hydrogen) atoms. The summed E-state index contributed by atoms with van der Waals surface area (Å²) < 4.78 is 0. The van der Waals surface area contributed by atoms with Gasteiger partial charge in [0.05, 0.1) is 0 Å². The van der Waals surface area contributed by atoms with E-state index < -0.39 is 0 Å². The molecule has 0 bridgehead atoms. The molecule has 0 N–H and O–H groups in total. The van der Waals surface area contributed by atoms with Crippen molar-refractivity contribution >= 4 is 22.1 Å². The summed E-state index contributed by atoms with van der Waals surface area (Å²) in [5.41, 5.74) is 3.25. The Morgan fingerprint density at radius 1 is 0.889 bits per heavy atom. The van der Waals surface area contributed by atoms with Crippen LogP contribution in [0.2, 0.25) is 0 Å². The normalized spacial score (nSPS) is 21.4. The first-order valence-electron chi connectivity index (χ1n) is 10.6. The molecule has 1 aliphatic heterocycles. The molecule has 1 aromatic heterocycles. The van der Waals surface area contributed by atoms with Crippen molar-refractivity contribution in [3.05, 3.63) is 69.9 Å². The maximum Gasteiger partial charge on any atom is 0.00800 e. The molecule has 1 saturated heterocycles. The van der Waals surface area contributed by atoms with Crippen molar-refractivity contribution in [3.63, 3.8) is 0 Å². The maximum atomic E-state index is 2.72.